The van der Waals surface area contributed by atoms with E-state index in [1.165, 1.54) is 0 Å². The first kappa shape index (κ1) is 14.7. The summed E-state index contributed by atoms with van der Waals surface area (Å²) in [5.41, 5.74) is 0.338. The average molecular weight is 305 g/mol. The van der Waals surface area contributed by atoms with Crippen molar-refractivity contribution in [2.75, 3.05) is 6.79 Å². The molecule has 6 heteroatoms. The van der Waals surface area contributed by atoms with Gasteiger partial charge in [0.05, 0.1) is 5.56 Å². The van der Waals surface area contributed by atoms with Gasteiger partial charge < -0.3 is 19.5 Å². The van der Waals surface area contributed by atoms with Crippen LogP contribution >= 0.6 is 0 Å². The van der Waals surface area contributed by atoms with E-state index in [9.17, 15) is 9.59 Å². The molecule has 1 aliphatic heterocycles. The average Bonchev–Trinajstić information content (AvgIpc) is 3.16. The molecule has 1 atom stereocenters. The first-order chi connectivity index (χ1) is 10.6. The van der Waals surface area contributed by atoms with Crippen LogP contribution in [0.25, 0.3) is 0 Å². The molecule has 1 N–H and O–H groups in total. The number of benzene rings is 1. The molecular weight excluding hydrogens is 286 g/mol. The highest BCUT2D eigenvalue weighted by atomic mass is 16.7. The van der Waals surface area contributed by atoms with E-state index in [1.807, 2.05) is 0 Å². The summed E-state index contributed by atoms with van der Waals surface area (Å²) < 4.78 is 15.6. The molecule has 2 aliphatic rings. The molecule has 1 fully saturated rings. The number of fused-ring (bicyclic) bond motifs is 1. The minimum atomic E-state index is -0.821. The maximum Gasteiger partial charge on any atom is 0.339 e. The molecule has 1 heterocycles. The van der Waals surface area contributed by atoms with Gasteiger partial charge in [-0.3, -0.25) is 4.79 Å². The zero-order chi connectivity index (χ0) is 15.5. The van der Waals surface area contributed by atoms with Gasteiger partial charge >= 0.3 is 5.97 Å². The third-order valence-corrected chi connectivity index (χ3v) is 3.96. The number of rotatable bonds is 4. The Balaban J connectivity index is 1.57. The molecule has 22 heavy (non-hydrogen) atoms. The molecule has 3 rings (SSSR count). The monoisotopic (exact) mass is 305 g/mol. The Morgan fingerprint density at radius 2 is 1.95 bits per heavy atom. The van der Waals surface area contributed by atoms with E-state index in [2.05, 4.69) is 5.32 Å². The first-order valence-electron chi connectivity index (χ1n) is 7.54. The molecule has 1 aromatic rings. The number of hydrogen-bond donors (Lipinski definition) is 1. The first-order valence-corrected chi connectivity index (χ1v) is 7.54. The second-order valence-electron chi connectivity index (χ2n) is 5.61. The SMILES string of the molecule is C[C@H](OC(=O)c1ccc2c(c1)OCO2)C(=O)NC1CCCC1. The largest absolute Gasteiger partial charge is 0.454 e. The molecular formula is C16H19NO5. The number of carbonyl (C=O) groups excluding carboxylic acids is 2. The predicted molar refractivity (Wildman–Crippen MR) is 77.8 cm³/mol. The van der Waals surface area contributed by atoms with Crippen LogP contribution in [0.2, 0.25) is 0 Å². The smallest absolute Gasteiger partial charge is 0.339 e. The zero-order valence-electron chi connectivity index (χ0n) is 12.5. The van der Waals surface area contributed by atoms with Gasteiger partial charge in [-0.25, -0.2) is 4.79 Å². The minimum Gasteiger partial charge on any atom is -0.454 e. The fourth-order valence-electron chi connectivity index (χ4n) is 2.69. The van der Waals surface area contributed by atoms with Crippen molar-refractivity contribution in [3.63, 3.8) is 0 Å². The summed E-state index contributed by atoms with van der Waals surface area (Å²) in [7, 11) is 0. The third kappa shape index (κ3) is 3.16. The van der Waals surface area contributed by atoms with Crippen molar-refractivity contribution in [2.45, 2.75) is 44.8 Å². The Morgan fingerprint density at radius 1 is 1.23 bits per heavy atom. The lowest BCUT2D eigenvalue weighted by atomic mass is 10.2. The summed E-state index contributed by atoms with van der Waals surface area (Å²) >= 11 is 0. The Kier molecular flexibility index (Phi) is 4.18. The number of carbonyl (C=O) groups is 2. The van der Waals surface area contributed by atoms with Crippen molar-refractivity contribution in [1.29, 1.82) is 0 Å². The highest BCUT2D eigenvalue weighted by molar-refractivity contribution is 5.93. The molecule has 0 saturated heterocycles. The summed E-state index contributed by atoms with van der Waals surface area (Å²) in [5.74, 6) is 0.314. The normalized spacial score (nSPS) is 18.0. The van der Waals surface area contributed by atoms with Crippen LogP contribution < -0.4 is 14.8 Å². The van der Waals surface area contributed by atoms with Crippen molar-refractivity contribution in [2.24, 2.45) is 0 Å². The number of hydrogen-bond acceptors (Lipinski definition) is 5. The number of esters is 1. The zero-order valence-corrected chi connectivity index (χ0v) is 12.5. The van der Waals surface area contributed by atoms with E-state index in [0.717, 1.165) is 25.7 Å². The van der Waals surface area contributed by atoms with E-state index >= 15 is 0 Å². The summed E-state index contributed by atoms with van der Waals surface area (Å²) in [4.78, 5) is 24.1. The van der Waals surface area contributed by atoms with E-state index < -0.39 is 12.1 Å². The molecule has 0 radical (unpaired) electrons. The van der Waals surface area contributed by atoms with Crippen LogP contribution in [0.15, 0.2) is 18.2 Å². The lowest BCUT2D eigenvalue weighted by molar-refractivity contribution is -0.129. The number of amides is 1. The maximum absolute atomic E-state index is 12.1. The molecule has 1 aromatic carbocycles. The number of ether oxygens (including phenoxy) is 3. The summed E-state index contributed by atoms with van der Waals surface area (Å²) in [6, 6.07) is 5.02. The molecule has 0 spiro atoms. The molecule has 118 valence electrons. The van der Waals surface area contributed by atoms with Crippen LogP contribution in [-0.2, 0) is 9.53 Å². The van der Waals surface area contributed by atoms with Crippen molar-refractivity contribution in [3.8, 4) is 11.5 Å². The van der Waals surface area contributed by atoms with Gasteiger partial charge in [0, 0.05) is 6.04 Å². The maximum atomic E-state index is 12.1. The lowest BCUT2D eigenvalue weighted by Gasteiger charge is -2.17. The highest BCUT2D eigenvalue weighted by Gasteiger charge is 2.24. The molecule has 0 aromatic heterocycles. The topological polar surface area (TPSA) is 73.9 Å². The molecule has 0 unspecified atom stereocenters. The van der Waals surface area contributed by atoms with Crippen LogP contribution in [0.3, 0.4) is 0 Å². The Labute approximate surface area is 128 Å². The molecule has 6 nitrogen and oxygen atoms in total. The van der Waals surface area contributed by atoms with Gasteiger partial charge in [-0.2, -0.15) is 0 Å². The fraction of sp³-hybridized carbons (Fsp3) is 0.500. The fourth-order valence-corrected chi connectivity index (χ4v) is 2.69. The number of nitrogens with one attached hydrogen (secondary N) is 1. The van der Waals surface area contributed by atoms with Crippen LogP contribution in [0.1, 0.15) is 43.0 Å². The molecule has 1 saturated carbocycles. The van der Waals surface area contributed by atoms with E-state index in [-0.39, 0.29) is 18.7 Å². The Hall–Kier alpha value is -2.24. The molecule has 1 amide bonds. The molecule has 1 aliphatic carbocycles. The van der Waals surface area contributed by atoms with Crippen LogP contribution in [-0.4, -0.2) is 30.8 Å². The molecule has 0 bridgehead atoms. The van der Waals surface area contributed by atoms with Crippen LogP contribution in [0, 0.1) is 0 Å². The van der Waals surface area contributed by atoms with Gasteiger partial charge in [0.25, 0.3) is 5.91 Å². The van der Waals surface area contributed by atoms with Crippen LogP contribution in [0.5, 0.6) is 11.5 Å². The van der Waals surface area contributed by atoms with Gasteiger partial charge in [0.15, 0.2) is 17.6 Å². The van der Waals surface area contributed by atoms with Crippen molar-refractivity contribution >= 4 is 11.9 Å². The predicted octanol–water partition coefficient (Wildman–Crippen LogP) is 2.02. The highest BCUT2D eigenvalue weighted by Crippen LogP contribution is 2.32. The second-order valence-corrected chi connectivity index (χ2v) is 5.61. The second kappa shape index (κ2) is 6.25. The van der Waals surface area contributed by atoms with E-state index in [4.69, 9.17) is 14.2 Å². The standard InChI is InChI=1S/C16H19NO5/c1-10(15(18)17-12-4-2-3-5-12)22-16(19)11-6-7-13-14(8-11)21-9-20-13/h6-8,10,12H,2-5,9H2,1H3,(H,17,18)/t10-/m0/s1. The quantitative estimate of drug-likeness (QED) is 0.862. The Morgan fingerprint density at radius 3 is 2.73 bits per heavy atom. The van der Waals surface area contributed by atoms with E-state index in [0.29, 0.717) is 17.1 Å². The van der Waals surface area contributed by atoms with Crippen molar-refractivity contribution in [1.82, 2.24) is 5.32 Å². The van der Waals surface area contributed by atoms with Gasteiger partial charge in [-0.15, -0.1) is 0 Å². The van der Waals surface area contributed by atoms with Gasteiger partial charge in [0.1, 0.15) is 0 Å². The lowest BCUT2D eigenvalue weighted by Crippen LogP contribution is -2.40. The van der Waals surface area contributed by atoms with Crippen molar-refractivity contribution in [3.05, 3.63) is 23.8 Å². The van der Waals surface area contributed by atoms with Gasteiger partial charge in [-0.05, 0) is 38.0 Å². The summed E-state index contributed by atoms with van der Waals surface area (Å²) in [5, 5.41) is 2.92. The minimum absolute atomic E-state index is 0.147. The third-order valence-electron chi connectivity index (χ3n) is 3.96. The summed E-state index contributed by atoms with van der Waals surface area (Å²) in [6.45, 7) is 1.73. The van der Waals surface area contributed by atoms with E-state index in [1.54, 1.807) is 25.1 Å². The van der Waals surface area contributed by atoms with Gasteiger partial charge in [-0.1, -0.05) is 12.8 Å². The Bertz CT molecular complexity index is 580. The van der Waals surface area contributed by atoms with Crippen LogP contribution in [0.4, 0.5) is 0 Å². The van der Waals surface area contributed by atoms with Crippen molar-refractivity contribution < 1.29 is 23.8 Å². The summed E-state index contributed by atoms with van der Waals surface area (Å²) in [6.07, 6.45) is 3.44. The van der Waals surface area contributed by atoms with Gasteiger partial charge in [0.2, 0.25) is 6.79 Å².